The highest BCUT2D eigenvalue weighted by molar-refractivity contribution is 6.18. The van der Waals surface area contributed by atoms with E-state index in [0.29, 0.717) is 13.2 Å². The Morgan fingerprint density at radius 2 is 2.00 bits per heavy atom. The summed E-state index contributed by atoms with van der Waals surface area (Å²) in [7, 11) is 0. The summed E-state index contributed by atoms with van der Waals surface area (Å²) < 4.78 is 5.24. The van der Waals surface area contributed by atoms with Crippen LogP contribution in [-0.4, -0.2) is 23.7 Å². The number of ether oxygens (including phenoxy) is 1. The largest absolute Gasteiger partial charge is 0.389 e. The molecule has 0 heterocycles. The van der Waals surface area contributed by atoms with Crippen LogP contribution in [0.25, 0.3) is 0 Å². The maximum Gasteiger partial charge on any atom is 0.0908 e. The normalized spacial score (nSPS) is 12.8. The van der Waals surface area contributed by atoms with E-state index in [4.69, 9.17) is 21.4 Å². The number of aliphatic hydroxyl groups is 1. The third-order valence-electron chi connectivity index (χ3n) is 1.60. The topological polar surface area (TPSA) is 29.5 Å². The molecule has 0 spiro atoms. The lowest BCUT2D eigenvalue weighted by molar-refractivity contribution is 0.0392. The minimum Gasteiger partial charge on any atom is -0.389 e. The predicted octanol–water partition coefficient (Wildman–Crippen LogP) is 1.80. The van der Waals surface area contributed by atoms with E-state index >= 15 is 0 Å². The van der Waals surface area contributed by atoms with Crippen LogP contribution >= 0.6 is 11.6 Å². The molecule has 0 aliphatic rings. The standard InChI is InChI=1S/C10H13ClO2/c11-6-10(12)8-13-7-9-4-2-1-3-5-9/h1-5,10,12H,6-8H2/t10-/m1/s1. The van der Waals surface area contributed by atoms with Gasteiger partial charge in [-0.05, 0) is 5.56 Å². The SMILES string of the molecule is O[C@H](CCl)COCc1ccccc1. The second kappa shape index (κ2) is 5.97. The molecule has 72 valence electrons. The summed E-state index contributed by atoms with van der Waals surface area (Å²) >= 11 is 5.40. The lowest BCUT2D eigenvalue weighted by Gasteiger charge is -2.07. The maximum absolute atomic E-state index is 9.08. The van der Waals surface area contributed by atoms with Gasteiger partial charge < -0.3 is 9.84 Å². The van der Waals surface area contributed by atoms with Gasteiger partial charge in [-0.2, -0.15) is 0 Å². The molecular weight excluding hydrogens is 188 g/mol. The zero-order valence-corrected chi connectivity index (χ0v) is 8.07. The minimum atomic E-state index is -0.564. The van der Waals surface area contributed by atoms with Crippen molar-refractivity contribution in [2.45, 2.75) is 12.7 Å². The molecule has 1 aromatic carbocycles. The first kappa shape index (κ1) is 10.5. The van der Waals surface area contributed by atoms with Gasteiger partial charge in [-0.25, -0.2) is 0 Å². The number of hydrogen-bond donors (Lipinski definition) is 1. The van der Waals surface area contributed by atoms with Gasteiger partial charge in [-0.15, -0.1) is 11.6 Å². The number of rotatable bonds is 5. The molecule has 1 aromatic rings. The molecule has 13 heavy (non-hydrogen) atoms. The molecule has 0 aliphatic carbocycles. The average molecular weight is 201 g/mol. The average Bonchev–Trinajstić information content (AvgIpc) is 2.19. The van der Waals surface area contributed by atoms with Gasteiger partial charge >= 0.3 is 0 Å². The van der Waals surface area contributed by atoms with E-state index < -0.39 is 6.10 Å². The Bertz CT molecular complexity index is 226. The number of halogens is 1. The van der Waals surface area contributed by atoms with Crippen molar-refractivity contribution in [3.8, 4) is 0 Å². The molecule has 3 heteroatoms. The lowest BCUT2D eigenvalue weighted by atomic mass is 10.2. The molecule has 1 rings (SSSR count). The zero-order chi connectivity index (χ0) is 9.52. The van der Waals surface area contributed by atoms with E-state index in [1.54, 1.807) is 0 Å². The summed E-state index contributed by atoms with van der Waals surface area (Å²) in [4.78, 5) is 0. The number of hydrogen-bond acceptors (Lipinski definition) is 2. The first-order valence-electron chi connectivity index (χ1n) is 4.18. The van der Waals surface area contributed by atoms with Crippen LogP contribution in [0, 0.1) is 0 Å². The fourth-order valence-electron chi connectivity index (χ4n) is 0.932. The van der Waals surface area contributed by atoms with Crippen molar-refractivity contribution >= 4 is 11.6 Å². The van der Waals surface area contributed by atoms with Gasteiger partial charge in [0.15, 0.2) is 0 Å². The lowest BCUT2D eigenvalue weighted by Crippen LogP contribution is -2.16. The van der Waals surface area contributed by atoms with Gasteiger partial charge in [0.25, 0.3) is 0 Å². The Morgan fingerprint density at radius 3 is 2.62 bits per heavy atom. The fourth-order valence-corrected chi connectivity index (χ4v) is 1.02. The number of alkyl halides is 1. The van der Waals surface area contributed by atoms with E-state index in [2.05, 4.69) is 0 Å². The van der Waals surface area contributed by atoms with Crippen molar-refractivity contribution < 1.29 is 9.84 Å². The molecule has 0 aromatic heterocycles. The highest BCUT2D eigenvalue weighted by Gasteiger charge is 2.00. The van der Waals surface area contributed by atoms with E-state index in [1.807, 2.05) is 30.3 Å². The molecule has 0 fully saturated rings. The van der Waals surface area contributed by atoms with E-state index in [0.717, 1.165) is 5.56 Å². The molecule has 0 saturated carbocycles. The Balaban J connectivity index is 2.20. The molecule has 0 aliphatic heterocycles. The quantitative estimate of drug-likeness (QED) is 0.735. The Labute approximate surface area is 83.1 Å². The second-order valence-corrected chi connectivity index (χ2v) is 3.12. The van der Waals surface area contributed by atoms with Gasteiger partial charge in [0.05, 0.1) is 25.2 Å². The highest BCUT2D eigenvalue weighted by atomic mass is 35.5. The summed E-state index contributed by atoms with van der Waals surface area (Å²) in [5.41, 5.74) is 1.10. The van der Waals surface area contributed by atoms with E-state index in [1.165, 1.54) is 0 Å². The molecule has 1 N–H and O–H groups in total. The molecular formula is C10H13ClO2. The summed E-state index contributed by atoms with van der Waals surface area (Å²) in [6.07, 6.45) is -0.564. The van der Waals surface area contributed by atoms with Crippen LogP contribution in [0.5, 0.6) is 0 Å². The first-order chi connectivity index (χ1) is 6.33. The van der Waals surface area contributed by atoms with Gasteiger partial charge in [-0.1, -0.05) is 30.3 Å². The highest BCUT2D eigenvalue weighted by Crippen LogP contribution is 2.01. The Morgan fingerprint density at radius 1 is 1.31 bits per heavy atom. The van der Waals surface area contributed by atoms with E-state index in [-0.39, 0.29) is 5.88 Å². The molecule has 0 radical (unpaired) electrons. The monoisotopic (exact) mass is 200 g/mol. The van der Waals surface area contributed by atoms with E-state index in [9.17, 15) is 0 Å². The number of benzene rings is 1. The second-order valence-electron chi connectivity index (χ2n) is 2.81. The van der Waals surface area contributed by atoms with Crippen molar-refractivity contribution in [3.05, 3.63) is 35.9 Å². The number of aliphatic hydroxyl groups excluding tert-OH is 1. The van der Waals surface area contributed by atoms with Crippen LogP contribution in [0.2, 0.25) is 0 Å². The van der Waals surface area contributed by atoms with Gasteiger partial charge in [0.2, 0.25) is 0 Å². The molecule has 1 atom stereocenters. The van der Waals surface area contributed by atoms with Crippen LogP contribution in [0.4, 0.5) is 0 Å². The van der Waals surface area contributed by atoms with Crippen molar-refractivity contribution in [1.82, 2.24) is 0 Å². The molecule has 0 amide bonds. The Hall–Kier alpha value is -0.570. The molecule has 0 saturated heterocycles. The molecule has 0 bridgehead atoms. The maximum atomic E-state index is 9.08. The van der Waals surface area contributed by atoms with Gasteiger partial charge in [0, 0.05) is 0 Å². The Kier molecular flexibility index (Phi) is 4.83. The predicted molar refractivity (Wildman–Crippen MR) is 52.8 cm³/mol. The van der Waals surface area contributed by atoms with Crippen molar-refractivity contribution in [2.75, 3.05) is 12.5 Å². The van der Waals surface area contributed by atoms with Crippen LogP contribution in [-0.2, 0) is 11.3 Å². The van der Waals surface area contributed by atoms with Crippen molar-refractivity contribution in [2.24, 2.45) is 0 Å². The summed E-state index contributed by atoms with van der Waals surface area (Å²) in [5.74, 6) is 0.217. The van der Waals surface area contributed by atoms with Crippen LogP contribution in [0.1, 0.15) is 5.56 Å². The van der Waals surface area contributed by atoms with Crippen LogP contribution in [0.3, 0.4) is 0 Å². The van der Waals surface area contributed by atoms with Crippen molar-refractivity contribution in [3.63, 3.8) is 0 Å². The summed E-state index contributed by atoms with van der Waals surface area (Å²) in [6, 6.07) is 9.82. The summed E-state index contributed by atoms with van der Waals surface area (Å²) in [5, 5.41) is 9.08. The fraction of sp³-hybridized carbons (Fsp3) is 0.400. The summed E-state index contributed by atoms with van der Waals surface area (Å²) in [6.45, 7) is 0.813. The molecule has 0 unspecified atom stereocenters. The van der Waals surface area contributed by atoms with Gasteiger partial charge in [-0.3, -0.25) is 0 Å². The first-order valence-corrected chi connectivity index (χ1v) is 4.72. The molecule has 2 nitrogen and oxygen atoms in total. The van der Waals surface area contributed by atoms with Crippen LogP contribution < -0.4 is 0 Å². The third kappa shape index (κ3) is 4.27. The smallest absolute Gasteiger partial charge is 0.0908 e. The third-order valence-corrected chi connectivity index (χ3v) is 1.96. The van der Waals surface area contributed by atoms with Crippen molar-refractivity contribution in [1.29, 1.82) is 0 Å². The zero-order valence-electron chi connectivity index (χ0n) is 7.32. The van der Waals surface area contributed by atoms with Gasteiger partial charge in [0.1, 0.15) is 0 Å². The minimum absolute atomic E-state index is 0.217. The van der Waals surface area contributed by atoms with Crippen LogP contribution in [0.15, 0.2) is 30.3 Å².